The summed E-state index contributed by atoms with van der Waals surface area (Å²) in [5, 5.41) is 2.82. The fourth-order valence-electron chi connectivity index (χ4n) is 4.12. The first-order valence-corrected chi connectivity index (χ1v) is 11.2. The molecule has 1 aromatic heterocycles. The largest absolute Gasteiger partial charge is 0.348 e. The summed E-state index contributed by atoms with van der Waals surface area (Å²) in [5.74, 6) is 0.0758. The molecule has 0 bridgehead atoms. The van der Waals surface area contributed by atoms with E-state index < -0.39 is 0 Å². The zero-order valence-corrected chi connectivity index (χ0v) is 18.6. The van der Waals surface area contributed by atoms with Crippen LogP contribution in [0.15, 0.2) is 60.8 Å². The molecule has 4 rings (SSSR count). The lowest BCUT2D eigenvalue weighted by Crippen LogP contribution is -2.32. The molecule has 6 nitrogen and oxygen atoms in total. The van der Waals surface area contributed by atoms with Gasteiger partial charge in [0, 0.05) is 25.7 Å². The van der Waals surface area contributed by atoms with E-state index in [2.05, 4.69) is 15.3 Å². The third kappa shape index (κ3) is 5.61. The van der Waals surface area contributed by atoms with Crippen molar-refractivity contribution in [2.45, 2.75) is 45.2 Å². The van der Waals surface area contributed by atoms with Crippen LogP contribution in [0.2, 0.25) is 0 Å². The van der Waals surface area contributed by atoms with E-state index in [1.807, 2.05) is 35.2 Å². The predicted molar refractivity (Wildman–Crippen MR) is 123 cm³/mol. The molecule has 1 N–H and O–H groups in total. The Labute approximate surface area is 192 Å². The van der Waals surface area contributed by atoms with Crippen molar-refractivity contribution < 1.29 is 14.0 Å². The summed E-state index contributed by atoms with van der Waals surface area (Å²) >= 11 is 0. The maximum Gasteiger partial charge on any atom is 0.254 e. The summed E-state index contributed by atoms with van der Waals surface area (Å²) in [7, 11) is 0. The molecule has 1 unspecified atom stereocenters. The molecular formula is C26H27FN4O2. The molecule has 2 amide bonds. The molecule has 1 atom stereocenters. The Bertz CT molecular complexity index is 1120. The molecule has 1 fully saturated rings. The second-order valence-electron chi connectivity index (χ2n) is 8.27. The van der Waals surface area contributed by atoms with E-state index in [0.29, 0.717) is 36.5 Å². The average molecular weight is 447 g/mol. The molecule has 0 saturated carbocycles. The number of rotatable bonds is 7. The minimum atomic E-state index is -0.315. The smallest absolute Gasteiger partial charge is 0.254 e. The Kier molecular flexibility index (Phi) is 7.07. The van der Waals surface area contributed by atoms with Crippen LogP contribution in [-0.2, 0) is 17.8 Å². The van der Waals surface area contributed by atoms with E-state index in [4.69, 9.17) is 0 Å². The second-order valence-corrected chi connectivity index (χ2v) is 8.27. The number of aromatic nitrogens is 2. The van der Waals surface area contributed by atoms with Crippen LogP contribution in [-0.4, -0.2) is 33.2 Å². The average Bonchev–Trinajstić information content (AvgIpc) is 3.33. The summed E-state index contributed by atoms with van der Waals surface area (Å²) in [6, 6.07) is 15.8. The van der Waals surface area contributed by atoms with Gasteiger partial charge in [-0.3, -0.25) is 9.59 Å². The Hall–Kier alpha value is -3.61. The number of likely N-dealkylation sites (tertiary alicyclic amines) is 1. The summed E-state index contributed by atoms with van der Waals surface area (Å²) in [4.78, 5) is 36.4. The number of halogens is 1. The Morgan fingerprint density at radius 2 is 1.85 bits per heavy atom. The maximum absolute atomic E-state index is 13.0. The topological polar surface area (TPSA) is 75.2 Å². The van der Waals surface area contributed by atoms with Crippen LogP contribution >= 0.6 is 0 Å². The number of hydrogen-bond acceptors (Lipinski definition) is 4. The first-order valence-electron chi connectivity index (χ1n) is 11.2. The van der Waals surface area contributed by atoms with Gasteiger partial charge in [-0.2, -0.15) is 0 Å². The monoisotopic (exact) mass is 446 g/mol. The first-order chi connectivity index (χ1) is 16.0. The lowest BCUT2D eigenvalue weighted by molar-refractivity contribution is -0.132. The van der Waals surface area contributed by atoms with E-state index in [0.717, 1.165) is 24.0 Å². The van der Waals surface area contributed by atoms with Crippen LogP contribution in [0.4, 0.5) is 4.39 Å². The van der Waals surface area contributed by atoms with Gasteiger partial charge >= 0.3 is 0 Å². The predicted octanol–water partition coefficient (Wildman–Crippen LogP) is 4.15. The van der Waals surface area contributed by atoms with Gasteiger partial charge in [0.1, 0.15) is 5.82 Å². The zero-order chi connectivity index (χ0) is 23.2. The minimum Gasteiger partial charge on any atom is -0.348 e. The third-order valence-electron chi connectivity index (χ3n) is 5.95. The highest BCUT2D eigenvalue weighted by Crippen LogP contribution is 2.31. The number of benzene rings is 2. The van der Waals surface area contributed by atoms with Gasteiger partial charge in [0.05, 0.1) is 17.3 Å². The van der Waals surface area contributed by atoms with Gasteiger partial charge in [0.2, 0.25) is 5.91 Å². The number of nitrogens with one attached hydrogen (secondary N) is 1. The molecular weight excluding hydrogens is 419 g/mol. The van der Waals surface area contributed by atoms with Crippen LogP contribution < -0.4 is 5.32 Å². The normalized spacial score (nSPS) is 15.5. The van der Waals surface area contributed by atoms with E-state index in [1.54, 1.807) is 19.1 Å². The SMILES string of the molecule is Cc1nc(C2CCCN2C(=O)CCc2ccccc2)ncc1C(=O)NCc1ccc(F)cc1. The van der Waals surface area contributed by atoms with E-state index >= 15 is 0 Å². The molecule has 1 aliphatic heterocycles. The summed E-state index contributed by atoms with van der Waals surface area (Å²) in [5.41, 5.74) is 2.90. The molecule has 0 spiro atoms. The van der Waals surface area contributed by atoms with Gasteiger partial charge in [0.15, 0.2) is 5.82 Å². The molecule has 2 heterocycles. The quantitative estimate of drug-likeness (QED) is 0.592. The molecule has 2 aromatic carbocycles. The van der Waals surface area contributed by atoms with Gasteiger partial charge in [0.25, 0.3) is 5.91 Å². The van der Waals surface area contributed by atoms with Gasteiger partial charge in [-0.1, -0.05) is 42.5 Å². The van der Waals surface area contributed by atoms with Crippen molar-refractivity contribution in [3.05, 3.63) is 94.8 Å². The van der Waals surface area contributed by atoms with Crippen LogP contribution in [0.5, 0.6) is 0 Å². The zero-order valence-electron chi connectivity index (χ0n) is 18.6. The number of nitrogens with zero attached hydrogens (tertiary/aromatic N) is 3. The fraction of sp³-hybridized carbons (Fsp3) is 0.308. The molecule has 0 radical (unpaired) electrons. The van der Waals surface area contributed by atoms with Crippen LogP contribution in [0.25, 0.3) is 0 Å². The van der Waals surface area contributed by atoms with Gasteiger partial charge in [-0.25, -0.2) is 14.4 Å². The minimum absolute atomic E-state index is 0.101. The number of carbonyl (C=O) groups excluding carboxylic acids is 2. The molecule has 1 saturated heterocycles. The number of carbonyl (C=O) groups is 2. The Morgan fingerprint density at radius 1 is 1.09 bits per heavy atom. The number of amides is 2. The Balaban J connectivity index is 1.39. The van der Waals surface area contributed by atoms with Gasteiger partial charge in [-0.15, -0.1) is 0 Å². The highest BCUT2D eigenvalue weighted by atomic mass is 19.1. The molecule has 1 aliphatic rings. The lowest BCUT2D eigenvalue weighted by atomic mass is 10.1. The van der Waals surface area contributed by atoms with Crippen molar-refractivity contribution >= 4 is 11.8 Å². The molecule has 33 heavy (non-hydrogen) atoms. The van der Waals surface area contributed by atoms with Gasteiger partial charge < -0.3 is 10.2 Å². The van der Waals surface area contributed by atoms with Gasteiger partial charge in [-0.05, 0) is 49.4 Å². The van der Waals surface area contributed by atoms with Crippen LogP contribution in [0.3, 0.4) is 0 Å². The summed E-state index contributed by atoms with van der Waals surface area (Å²) < 4.78 is 13.0. The molecule has 0 aliphatic carbocycles. The van der Waals surface area contributed by atoms with Crippen LogP contribution in [0.1, 0.15) is 58.3 Å². The summed E-state index contributed by atoms with van der Waals surface area (Å²) in [6.45, 7) is 2.75. The summed E-state index contributed by atoms with van der Waals surface area (Å²) in [6.07, 6.45) is 4.40. The van der Waals surface area contributed by atoms with Crippen molar-refractivity contribution in [2.24, 2.45) is 0 Å². The van der Waals surface area contributed by atoms with Crippen molar-refractivity contribution in [3.8, 4) is 0 Å². The Morgan fingerprint density at radius 3 is 2.58 bits per heavy atom. The first kappa shape index (κ1) is 22.6. The van der Waals surface area contributed by atoms with Crippen molar-refractivity contribution in [1.82, 2.24) is 20.2 Å². The molecule has 7 heteroatoms. The second kappa shape index (κ2) is 10.3. The van der Waals surface area contributed by atoms with E-state index in [9.17, 15) is 14.0 Å². The van der Waals surface area contributed by atoms with Crippen molar-refractivity contribution in [3.63, 3.8) is 0 Å². The van der Waals surface area contributed by atoms with Crippen LogP contribution in [0, 0.1) is 12.7 Å². The van der Waals surface area contributed by atoms with Crippen molar-refractivity contribution in [2.75, 3.05) is 6.54 Å². The standard InChI is InChI=1S/C26H27FN4O2/c1-18-22(26(33)29-16-20-9-12-21(27)13-10-20)17-28-25(30-18)23-8-5-15-31(23)24(32)14-11-19-6-3-2-4-7-19/h2-4,6-7,9-10,12-13,17,23H,5,8,11,14-16H2,1H3,(H,29,33). The lowest BCUT2D eigenvalue weighted by Gasteiger charge is -2.24. The van der Waals surface area contributed by atoms with E-state index in [-0.39, 0.29) is 30.2 Å². The number of hydrogen-bond donors (Lipinski definition) is 1. The maximum atomic E-state index is 13.0. The highest BCUT2D eigenvalue weighted by Gasteiger charge is 2.32. The third-order valence-corrected chi connectivity index (χ3v) is 5.95. The fourth-order valence-corrected chi connectivity index (χ4v) is 4.12. The molecule has 3 aromatic rings. The highest BCUT2D eigenvalue weighted by molar-refractivity contribution is 5.94. The van der Waals surface area contributed by atoms with Crippen molar-refractivity contribution in [1.29, 1.82) is 0 Å². The number of aryl methyl sites for hydroxylation is 2. The molecule has 170 valence electrons. The van der Waals surface area contributed by atoms with E-state index in [1.165, 1.54) is 18.3 Å².